The molecule has 1 unspecified atom stereocenters. The summed E-state index contributed by atoms with van der Waals surface area (Å²) < 4.78 is 0. The van der Waals surface area contributed by atoms with E-state index < -0.39 is 11.9 Å². The highest BCUT2D eigenvalue weighted by atomic mass is 16.4. The van der Waals surface area contributed by atoms with Crippen molar-refractivity contribution in [3.63, 3.8) is 0 Å². The molecule has 1 aromatic rings. The number of hydrogen-bond donors (Lipinski definition) is 1. The summed E-state index contributed by atoms with van der Waals surface area (Å²) in [5.74, 6) is -1.26. The van der Waals surface area contributed by atoms with Crippen molar-refractivity contribution < 1.29 is 9.90 Å². The Morgan fingerprint density at radius 1 is 1.43 bits per heavy atom. The van der Waals surface area contributed by atoms with Crippen LogP contribution in [0.25, 0.3) is 0 Å². The molecule has 0 bridgehead atoms. The van der Waals surface area contributed by atoms with Gasteiger partial charge in [0.25, 0.3) is 0 Å². The minimum Gasteiger partial charge on any atom is -0.481 e. The summed E-state index contributed by atoms with van der Waals surface area (Å²) in [4.78, 5) is 11.0. The Morgan fingerprint density at radius 2 is 2.00 bits per heavy atom. The first-order valence-corrected chi connectivity index (χ1v) is 4.53. The largest absolute Gasteiger partial charge is 0.481 e. The molecule has 0 radical (unpaired) electrons. The van der Waals surface area contributed by atoms with Crippen LogP contribution in [0, 0.1) is 0 Å². The van der Waals surface area contributed by atoms with Crippen molar-refractivity contribution in [2.24, 2.45) is 0 Å². The highest BCUT2D eigenvalue weighted by molar-refractivity contribution is 5.76. The van der Waals surface area contributed by atoms with Crippen LogP contribution < -0.4 is 0 Å². The van der Waals surface area contributed by atoms with Crippen molar-refractivity contribution in [3.8, 4) is 0 Å². The van der Waals surface area contributed by atoms with Gasteiger partial charge in [-0.3, -0.25) is 4.79 Å². The Kier molecular flexibility index (Phi) is 3.46. The molecule has 14 heavy (non-hydrogen) atoms. The Morgan fingerprint density at radius 3 is 2.43 bits per heavy atom. The molecule has 0 saturated heterocycles. The van der Waals surface area contributed by atoms with Gasteiger partial charge in [0.1, 0.15) is 0 Å². The third kappa shape index (κ3) is 2.73. The average molecular weight is 190 g/mol. The van der Waals surface area contributed by atoms with E-state index in [-0.39, 0.29) is 0 Å². The second-order valence-electron chi connectivity index (χ2n) is 3.46. The van der Waals surface area contributed by atoms with Crippen molar-refractivity contribution in [2.45, 2.75) is 19.3 Å². The summed E-state index contributed by atoms with van der Waals surface area (Å²) in [6.07, 6.45) is 0.499. The SMILES string of the molecule is C=C(C)CC(C(=O)O)c1ccccc1. The van der Waals surface area contributed by atoms with Crippen LogP contribution in [0.4, 0.5) is 0 Å². The van der Waals surface area contributed by atoms with Gasteiger partial charge in [-0.2, -0.15) is 0 Å². The Hall–Kier alpha value is -1.57. The van der Waals surface area contributed by atoms with Crippen molar-refractivity contribution >= 4 is 5.97 Å². The third-order valence-corrected chi connectivity index (χ3v) is 2.05. The van der Waals surface area contributed by atoms with Crippen molar-refractivity contribution in [3.05, 3.63) is 48.0 Å². The van der Waals surface area contributed by atoms with Crippen LogP contribution in [0.5, 0.6) is 0 Å². The lowest BCUT2D eigenvalue weighted by Crippen LogP contribution is -2.11. The Balaban J connectivity index is 2.89. The van der Waals surface area contributed by atoms with Gasteiger partial charge in [0.05, 0.1) is 5.92 Å². The third-order valence-electron chi connectivity index (χ3n) is 2.05. The minimum atomic E-state index is -0.792. The Bertz CT molecular complexity index is 327. The molecule has 0 aliphatic heterocycles. The molecule has 0 aromatic heterocycles. The smallest absolute Gasteiger partial charge is 0.311 e. The summed E-state index contributed by atoms with van der Waals surface area (Å²) in [6, 6.07) is 9.25. The Labute approximate surface area is 83.9 Å². The summed E-state index contributed by atoms with van der Waals surface area (Å²) in [5, 5.41) is 9.03. The van der Waals surface area contributed by atoms with E-state index in [1.54, 1.807) is 0 Å². The summed E-state index contributed by atoms with van der Waals surface area (Å²) in [6.45, 7) is 5.59. The van der Waals surface area contributed by atoms with E-state index in [4.69, 9.17) is 5.11 Å². The van der Waals surface area contributed by atoms with Gasteiger partial charge in [-0.15, -0.1) is 6.58 Å². The number of carbonyl (C=O) groups is 1. The van der Waals surface area contributed by atoms with Crippen molar-refractivity contribution in [1.82, 2.24) is 0 Å². The van der Waals surface area contributed by atoms with Gasteiger partial charge in [-0.1, -0.05) is 35.9 Å². The maximum absolute atomic E-state index is 11.0. The zero-order chi connectivity index (χ0) is 10.6. The van der Waals surface area contributed by atoms with Gasteiger partial charge in [0, 0.05) is 0 Å². The fourth-order valence-electron chi connectivity index (χ4n) is 1.38. The van der Waals surface area contributed by atoms with Crippen LogP contribution in [0.2, 0.25) is 0 Å². The van der Waals surface area contributed by atoms with Crippen LogP contribution in [0.1, 0.15) is 24.8 Å². The number of benzene rings is 1. The summed E-state index contributed by atoms with van der Waals surface area (Å²) in [5.41, 5.74) is 1.73. The molecule has 74 valence electrons. The van der Waals surface area contributed by atoms with Crippen LogP contribution in [-0.2, 0) is 4.79 Å². The number of carboxylic acid groups (broad SMARTS) is 1. The monoisotopic (exact) mass is 190 g/mol. The van der Waals surface area contributed by atoms with Crippen molar-refractivity contribution in [1.29, 1.82) is 0 Å². The highest BCUT2D eigenvalue weighted by Gasteiger charge is 2.18. The van der Waals surface area contributed by atoms with Gasteiger partial charge in [0.2, 0.25) is 0 Å². The molecule has 0 heterocycles. The van der Waals surface area contributed by atoms with Crippen LogP contribution in [-0.4, -0.2) is 11.1 Å². The van der Waals surface area contributed by atoms with E-state index >= 15 is 0 Å². The van der Waals surface area contributed by atoms with Gasteiger partial charge >= 0.3 is 5.97 Å². The van der Waals surface area contributed by atoms with E-state index in [1.165, 1.54) is 0 Å². The lowest BCUT2D eigenvalue weighted by molar-refractivity contribution is -0.138. The van der Waals surface area contributed by atoms with E-state index in [1.807, 2.05) is 37.3 Å². The molecule has 1 rings (SSSR count). The van der Waals surface area contributed by atoms with Gasteiger partial charge in [-0.05, 0) is 18.9 Å². The summed E-state index contributed by atoms with van der Waals surface area (Å²) in [7, 11) is 0. The first-order chi connectivity index (χ1) is 6.61. The number of aliphatic carboxylic acids is 1. The zero-order valence-corrected chi connectivity index (χ0v) is 8.23. The number of allylic oxidation sites excluding steroid dienone is 1. The van der Waals surface area contributed by atoms with E-state index in [0.717, 1.165) is 11.1 Å². The zero-order valence-electron chi connectivity index (χ0n) is 8.23. The predicted octanol–water partition coefficient (Wildman–Crippen LogP) is 2.82. The van der Waals surface area contributed by atoms with E-state index in [0.29, 0.717) is 6.42 Å². The topological polar surface area (TPSA) is 37.3 Å². The maximum Gasteiger partial charge on any atom is 0.311 e. The fourth-order valence-corrected chi connectivity index (χ4v) is 1.38. The summed E-state index contributed by atoms with van der Waals surface area (Å²) >= 11 is 0. The second kappa shape index (κ2) is 4.61. The molecule has 0 amide bonds. The fraction of sp³-hybridized carbons (Fsp3) is 0.250. The standard InChI is InChI=1S/C12H14O2/c1-9(2)8-11(12(13)14)10-6-4-3-5-7-10/h3-7,11H,1,8H2,2H3,(H,13,14). The first kappa shape index (κ1) is 10.5. The molecule has 0 saturated carbocycles. The molecule has 2 heteroatoms. The van der Waals surface area contributed by atoms with Gasteiger partial charge < -0.3 is 5.11 Å². The number of rotatable bonds is 4. The molecular formula is C12H14O2. The average Bonchev–Trinajstić information content (AvgIpc) is 2.15. The molecule has 0 spiro atoms. The highest BCUT2D eigenvalue weighted by Crippen LogP contribution is 2.22. The number of carboxylic acids is 1. The lowest BCUT2D eigenvalue weighted by Gasteiger charge is -2.11. The van der Waals surface area contributed by atoms with Gasteiger partial charge in [0.15, 0.2) is 0 Å². The molecule has 1 atom stereocenters. The minimum absolute atomic E-state index is 0.464. The molecule has 1 N–H and O–H groups in total. The van der Waals surface area contributed by atoms with Crippen LogP contribution in [0.15, 0.2) is 42.5 Å². The maximum atomic E-state index is 11.0. The second-order valence-corrected chi connectivity index (χ2v) is 3.46. The number of hydrogen-bond acceptors (Lipinski definition) is 1. The molecule has 1 aromatic carbocycles. The van der Waals surface area contributed by atoms with Crippen LogP contribution in [0.3, 0.4) is 0 Å². The quantitative estimate of drug-likeness (QED) is 0.741. The van der Waals surface area contributed by atoms with E-state index in [9.17, 15) is 4.79 Å². The van der Waals surface area contributed by atoms with E-state index in [2.05, 4.69) is 6.58 Å². The molecule has 0 fully saturated rings. The van der Waals surface area contributed by atoms with Crippen LogP contribution >= 0.6 is 0 Å². The lowest BCUT2D eigenvalue weighted by atomic mass is 9.93. The molecule has 0 aliphatic carbocycles. The van der Waals surface area contributed by atoms with Crippen molar-refractivity contribution in [2.75, 3.05) is 0 Å². The first-order valence-electron chi connectivity index (χ1n) is 4.53. The predicted molar refractivity (Wildman–Crippen MR) is 56.2 cm³/mol. The molecule has 2 nitrogen and oxygen atoms in total. The molecule has 0 aliphatic rings. The normalized spacial score (nSPS) is 12.1. The molecular weight excluding hydrogens is 176 g/mol. The van der Waals surface area contributed by atoms with Gasteiger partial charge in [-0.25, -0.2) is 0 Å².